The summed E-state index contributed by atoms with van der Waals surface area (Å²) in [4.78, 5) is 11.8. The fourth-order valence-corrected chi connectivity index (χ4v) is 1.74. The fraction of sp³-hybridized carbons (Fsp3) is 0.500. The Morgan fingerprint density at radius 3 is 2.39 bits per heavy atom. The lowest BCUT2D eigenvalue weighted by Crippen LogP contribution is -2.16. The first-order chi connectivity index (χ1) is 8.58. The molecular formula is C14H21NO3. The molecule has 0 bridgehead atoms. The van der Waals surface area contributed by atoms with Crippen molar-refractivity contribution in [3.05, 3.63) is 29.8 Å². The van der Waals surface area contributed by atoms with Crippen molar-refractivity contribution in [1.29, 1.82) is 0 Å². The van der Waals surface area contributed by atoms with Crippen molar-refractivity contribution >= 4 is 11.6 Å². The Balaban J connectivity index is 2.85. The van der Waals surface area contributed by atoms with Crippen LogP contribution in [0.5, 0.6) is 0 Å². The van der Waals surface area contributed by atoms with Gasteiger partial charge in [0, 0.05) is 31.9 Å². The largest absolute Gasteiger partial charge is 0.352 e. The Bertz CT molecular complexity index is 386. The molecule has 0 aliphatic rings. The average Bonchev–Trinajstić information content (AvgIpc) is 2.31. The van der Waals surface area contributed by atoms with Crippen LogP contribution in [-0.4, -0.2) is 20.1 Å². The fourth-order valence-electron chi connectivity index (χ4n) is 1.74. The maximum atomic E-state index is 11.8. The first kappa shape index (κ1) is 14.7. The first-order valence-electron chi connectivity index (χ1n) is 6.02. The minimum absolute atomic E-state index is 0.00315. The van der Waals surface area contributed by atoms with Gasteiger partial charge in [0.15, 0.2) is 6.29 Å². The monoisotopic (exact) mass is 251 g/mol. The molecule has 1 rings (SSSR count). The van der Waals surface area contributed by atoms with E-state index in [4.69, 9.17) is 9.47 Å². The highest BCUT2D eigenvalue weighted by Gasteiger charge is 2.15. The molecule has 0 saturated heterocycles. The number of rotatable bonds is 6. The van der Waals surface area contributed by atoms with Crippen molar-refractivity contribution in [2.75, 3.05) is 19.5 Å². The maximum absolute atomic E-state index is 11.8. The summed E-state index contributed by atoms with van der Waals surface area (Å²) < 4.78 is 10.4. The Hall–Kier alpha value is -1.39. The van der Waals surface area contributed by atoms with Crippen LogP contribution in [0.1, 0.15) is 32.1 Å². The molecule has 1 amide bonds. The van der Waals surface area contributed by atoms with Crippen molar-refractivity contribution < 1.29 is 14.3 Å². The molecule has 0 saturated carbocycles. The van der Waals surface area contributed by atoms with E-state index < -0.39 is 6.29 Å². The highest BCUT2D eigenvalue weighted by molar-refractivity contribution is 5.91. The van der Waals surface area contributed by atoms with Crippen LogP contribution in [0.15, 0.2) is 24.3 Å². The summed E-state index contributed by atoms with van der Waals surface area (Å²) in [7, 11) is 3.14. The van der Waals surface area contributed by atoms with Gasteiger partial charge in [-0.2, -0.15) is 0 Å². The number of hydrogen-bond acceptors (Lipinski definition) is 3. The zero-order valence-corrected chi connectivity index (χ0v) is 11.4. The second-order valence-electron chi connectivity index (χ2n) is 4.54. The molecule has 0 unspecified atom stereocenters. The maximum Gasteiger partial charge on any atom is 0.224 e. The number of benzene rings is 1. The third-order valence-electron chi connectivity index (χ3n) is 2.51. The lowest BCUT2D eigenvalue weighted by Gasteiger charge is -2.18. The molecule has 0 heterocycles. The zero-order chi connectivity index (χ0) is 13.5. The Morgan fingerprint density at radius 1 is 1.22 bits per heavy atom. The summed E-state index contributed by atoms with van der Waals surface area (Å²) in [6, 6.07) is 7.48. The standard InChI is InChI=1S/C14H21NO3/c1-10(2)9-13(16)15-12-8-6-5-7-11(12)14(17-3)18-4/h5-8,10,14H,9H2,1-4H3,(H,15,16). The average molecular weight is 251 g/mol. The Morgan fingerprint density at radius 2 is 1.83 bits per heavy atom. The van der Waals surface area contributed by atoms with Gasteiger partial charge in [0.1, 0.15) is 0 Å². The smallest absolute Gasteiger partial charge is 0.224 e. The molecule has 100 valence electrons. The van der Waals surface area contributed by atoms with Gasteiger partial charge in [0.05, 0.1) is 0 Å². The predicted octanol–water partition coefficient (Wildman–Crippen LogP) is 2.96. The summed E-state index contributed by atoms with van der Waals surface area (Å²) >= 11 is 0. The lowest BCUT2D eigenvalue weighted by atomic mass is 10.1. The van der Waals surface area contributed by atoms with Crippen molar-refractivity contribution in [2.24, 2.45) is 5.92 Å². The minimum atomic E-state index is -0.472. The topological polar surface area (TPSA) is 47.6 Å². The Labute approximate surface area is 108 Å². The molecule has 1 aromatic rings. The number of anilines is 1. The van der Waals surface area contributed by atoms with Crippen molar-refractivity contribution in [3.8, 4) is 0 Å². The van der Waals surface area contributed by atoms with Gasteiger partial charge in [-0.25, -0.2) is 0 Å². The van der Waals surface area contributed by atoms with Crippen LogP contribution in [0.3, 0.4) is 0 Å². The molecule has 0 radical (unpaired) electrons. The molecule has 0 aliphatic heterocycles. The number of nitrogens with one attached hydrogen (secondary N) is 1. The van der Waals surface area contributed by atoms with Crippen LogP contribution >= 0.6 is 0 Å². The van der Waals surface area contributed by atoms with E-state index in [9.17, 15) is 4.79 Å². The third kappa shape index (κ3) is 4.13. The molecule has 4 heteroatoms. The first-order valence-corrected chi connectivity index (χ1v) is 6.02. The van der Waals surface area contributed by atoms with Crippen LogP contribution in [0.25, 0.3) is 0 Å². The van der Waals surface area contributed by atoms with Crippen LogP contribution in [0.2, 0.25) is 0 Å². The third-order valence-corrected chi connectivity index (χ3v) is 2.51. The van der Waals surface area contributed by atoms with Gasteiger partial charge in [-0.05, 0) is 12.0 Å². The lowest BCUT2D eigenvalue weighted by molar-refractivity contribution is -0.117. The van der Waals surface area contributed by atoms with E-state index in [1.54, 1.807) is 14.2 Å². The number of ether oxygens (including phenoxy) is 2. The van der Waals surface area contributed by atoms with Gasteiger partial charge < -0.3 is 14.8 Å². The number of carbonyl (C=O) groups excluding carboxylic acids is 1. The van der Waals surface area contributed by atoms with Crippen molar-refractivity contribution in [3.63, 3.8) is 0 Å². The predicted molar refractivity (Wildman–Crippen MR) is 71.3 cm³/mol. The SMILES string of the molecule is COC(OC)c1ccccc1NC(=O)CC(C)C. The summed E-state index contributed by atoms with van der Waals surface area (Å²) in [5.41, 5.74) is 1.55. The van der Waals surface area contributed by atoms with Crippen molar-refractivity contribution in [2.45, 2.75) is 26.6 Å². The van der Waals surface area contributed by atoms with Crippen molar-refractivity contribution in [1.82, 2.24) is 0 Å². The molecule has 0 atom stereocenters. The van der Waals surface area contributed by atoms with Gasteiger partial charge in [-0.3, -0.25) is 4.79 Å². The quantitative estimate of drug-likeness (QED) is 0.791. The minimum Gasteiger partial charge on any atom is -0.352 e. The van der Waals surface area contributed by atoms with Crippen LogP contribution in [-0.2, 0) is 14.3 Å². The van der Waals surface area contributed by atoms with Crippen LogP contribution in [0, 0.1) is 5.92 Å². The molecule has 0 fully saturated rings. The van der Waals surface area contributed by atoms with E-state index in [1.165, 1.54) is 0 Å². The summed E-state index contributed by atoms with van der Waals surface area (Å²) in [6.07, 6.45) is 0.0273. The van der Waals surface area contributed by atoms with Gasteiger partial charge in [-0.15, -0.1) is 0 Å². The molecule has 1 N–H and O–H groups in total. The van der Waals surface area contributed by atoms with Gasteiger partial charge >= 0.3 is 0 Å². The van der Waals surface area contributed by atoms with E-state index in [2.05, 4.69) is 5.32 Å². The normalized spacial score (nSPS) is 11.0. The molecule has 0 spiro atoms. The molecule has 18 heavy (non-hydrogen) atoms. The number of para-hydroxylation sites is 1. The molecule has 0 aliphatic carbocycles. The number of carbonyl (C=O) groups is 1. The Kier molecular flexibility index (Phi) is 5.82. The number of hydrogen-bond donors (Lipinski definition) is 1. The molecule has 4 nitrogen and oxygen atoms in total. The summed E-state index contributed by atoms with van der Waals surface area (Å²) in [5.74, 6) is 0.334. The van der Waals surface area contributed by atoms with Gasteiger partial charge in [0.2, 0.25) is 5.91 Å². The second kappa shape index (κ2) is 7.13. The van der Waals surface area contributed by atoms with E-state index in [-0.39, 0.29) is 5.91 Å². The zero-order valence-electron chi connectivity index (χ0n) is 11.4. The molecule has 1 aromatic carbocycles. The van der Waals surface area contributed by atoms with E-state index in [0.717, 1.165) is 11.3 Å². The van der Waals surface area contributed by atoms with E-state index in [0.29, 0.717) is 12.3 Å². The highest BCUT2D eigenvalue weighted by atomic mass is 16.7. The number of methoxy groups -OCH3 is 2. The van der Waals surface area contributed by atoms with Gasteiger partial charge in [0.25, 0.3) is 0 Å². The second-order valence-corrected chi connectivity index (χ2v) is 4.54. The van der Waals surface area contributed by atoms with Crippen LogP contribution in [0.4, 0.5) is 5.69 Å². The molecular weight excluding hydrogens is 230 g/mol. The van der Waals surface area contributed by atoms with Gasteiger partial charge in [-0.1, -0.05) is 32.0 Å². The van der Waals surface area contributed by atoms with E-state index >= 15 is 0 Å². The highest BCUT2D eigenvalue weighted by Crippen LogP contribution is 2.25. The van der Waals surface area contributed by atoms with Crippen LogP contribution < -0.4 is 5.32 Å². The summed E-state index contributed by atoms with van der Waals surface area (Å²) in [5, 5.41) is 2.89. The molecule has 0 aromatic heterocycles. The summed E-state index contributed by atoms with van der Waals surface area (Å²) in [6.45, 7) is 4.02. The van der Waals surface area contributed by atoms with E-state index in [1.807, 2.05) is 38.1 Å². The number of amides is 1.